The predicted octanol–water partition coefficient (Wildman–Crippen LogP) is 2.55. The van der Waals surface area contributed by atoms with Crippen LogP contribution in [0.25, 0.3) is 0 Å². The number of carbonyl (C=O) groups is 2. The second-order valence-corrected chi connectivity index (χ2v) is 10.8. The van der Waals surface area contributed by atoms with Crippen molar-refractivity contribution in [2.24, 2.45) is 4.99 Å². The molecule has 5 rings (SSSR count). The lowest BCUT2D eigenvalue weighted by Gasteiger charge is -2.47. The van der Waals surface area contributed by atoms with Gasteiger partial charge in [0.15, 0.2) is 6.29 Å². The number of aliphatic imine (C=N–C) groups is 1. The van der Waals surface area contributed by atoms with Gasteiger partial charge in [-0.1, -0.05) is 19.8 Å². The van der Waals surface area contributed by atoms with Crippen LogP contribution in [-0.4, -0.2) is 91.4 Å². The molecule has 1 saturated carbocycles. The van der Waals surface area contributed by atoms with Gasteiger partial charge in [0.2, 0.25) is 5.91 Å². The van der Waals surface area contributed by atoms with E-state index in [1.54, 1.807) is 24.3 Å². The van der Waals surface area contributed by atoms with Crippen molar-refractivity contribution in [3.8, 4) is 5.75 Å². The van der Waals surface area contributed by atoms with Crippen LogP contribution >= 0.6 is 0 Å². The molecule has 2 amide bonds. The van der Waals surface area contributed by atoms with Crippen molar-refractivity contribution in [2.45, 2.75) is 76.3 Å². The molecular formula is C28H41N7O3. The van der Waals surface area contributed by atoms with Crippen LogP contribution in [-0.2, 0) is 4.79 Å². The number of hydrogen-bond acceptors (Lipinski definition) is 8. The normalized spacial score (nSPS) is 24.9. The van der Waals surface area contributed by atoms with Gasteiger partial charge in [-0.3, -0.25) is 9.59 Å². The number of ether oxygens (including phenoxy) is 1. The van der Waals surface area contributed by atoms with Crippen molar-refractivity contribution in [1.82, 2.24) is 25.3 Å². The molecule has 1 aromatic carbocycles. The molecule has 206 valence electrons. The molecule has 1 unspecified atom stereocenters. The monoisotopic (exact) mass is 523 g/mol. The highest BCUT2D eigenvalue weighted by Gasteiger charge is 2.42. The molecule has 0 bridgehead atoms. The molecule has 10 nitrogen and oxygen atoms in total. The Bertz CT molecular complexity index is 1110. The molecule has 3 heterocycles. The fourth-order valence-corrected chi connectivity index (χ4v) is 6.10. The Balaban J connectivity index is 1.31. The first-order chi connectivity index (χ1) is 18.4. The van der Waals surface area contributed by atoms with E-state index in [1.807, 2.05) is 19.2 Å². The number of likely N-dealkylation sites (N-methyl/N-ethyl adjacent to an activating group) is 1. The summed E-state index contributed by atoms with van der Waals surface area (Å²) in [4.78, 5) is 37.0. The van der Waals surface area contributed by atoms with Gasteiger partial charge in [0.25, 0.3) is 5.91 Å². The van der Waals surface area contributed by atoms with E-state index in [4.69, 9.17) is 4.74 Å². The zero-order chi connectivity index (χ0) is 26.8. The number of hydrogen-bond donors (Lipinski definition) is 3. The van der Waals surface area contributed by atoms with E-state index in [0.29, 0.717) is 17.4 Å². The Morgan fingerprint density at radius 2 is 1.89 bits per heavy atom. The average Bonchev–Trinajstić information content (AvgIpc) is 3.46. The summed E-state index contributed by atoms with van der Waals surface area (Å²) >= 11 is 0. The van der Waals surface area contributed by atoms with Crippen molar-refractivity contribution in [1.29, 1.82) is 0 Å². The zero-order valence-corrected chi connectivity index (χ0v) is 23.0. The number of benzene rings is 1. The molecule has 2 fully saturated rings. The van der Waals surface area contributed by atoms with E-state index < -0.39 is 6.29 Å². The number of piperidine rings is 1. The number of amides is 2. The molecule has 1 aromatic rings. The first-order valence-corrected chi connectivity index (χ1v) is 13.9. The lowest BCUT2D eigenvalue weighted by molar-refractivity contribution is -0.136. The Labute approximate surface area is 225 Å². The summed E-state index contributed by atoms with van der Waals surface area (Å²) < 4.78 is 5.65. The minimum Gasteiger partial charge on any atom is -0.495 e. The van der Waals surface area contributed by atoms with E-state index in [2.05, 4.69) is 44.7 Å². The summed E-state index contributed by atoms with van der Waals surface area (Å²) in [6, 6.07) is 5.81. The lowest BCUT2D eigenvalue weighted by Crippen LogP contribution is -2.60. The molecule has 10 heteroatoms. The van der Waals surface area contributed by atoms with Crippen LogP contribution in [0, 0.1) is 0 Å². The number of anilines is 1. The Hall–Kier alpha value is -3.27. The standard InChI is InChI=1S/C28H41N7O3/c1-5-22-27(37)34(3)23-17-29-28(32-25(23)35(22)20-8-6-7-9-20)31-21-11-10-18(16-24(21)38-4)26(36)30-19-12-14-33(2)15-13-19/h10-11,16-17,19-20,22,28,31-32H,5-9,12-15H2,1-4H3,(H,30,36)/t22-,28?/m1/s1. The second-order valence-electron chi connectivity index (χ2n) is 10.8. The van der Waals surface area contributed by atoms with E-state index in [-0.39, 0.29) is 23.9 Å². The Morgan fingerprint density at radius 3 is 2.58 bits per heavy atom. The van der Waals surface area contributed by atoms with Gasteiger partial charge >= 0.3 is 0 Å². The number of nitrogens with one attached hydrogen (secondary N) is 3. The molecule has 0 spiro atoms. The van der Waals surface area contributed by atoms with Gasteiger partial charge < -0.3 is 35.4 Å². The summed E-state index contributed by atoms with van der Waals surface area (Å²) in [5, 5.41) is 10.1. The van der Waals surface area contributed by atoms with Crippen LogP contribution in [0.3, 0.4) is 0 Å². The number of nitrogens with zero attached hydrogens (tertiary/aromatic N) is 4. The van der Waals surface area contributed by atoms with E-state index in [9.17, 15) is 9.59 Å². The van der Waals surface area contributed by atoms with Crippen molar-refractivity contribution in [2.75, 3.05) is 39.6 Å². The summed E-state index contributed by atoms with van der Waals surface area (Å²) in [7, 11) is 5.54. The quantitative estimate of drug-likeness (QED) is 0.505. The molecular weight excluding hydrogens is 482 g/mol. The number of carbonyl (C=O) groups excluding carboxylic acids is 2. The number of likely N-dealkylation sites (tertiary alicyclic amines) is 1. The number of rotatable bonds is 7. The SMILES string of the molecule is CC[C@@H]1C(=O)N(C)C2=C(NC(Nc3ccc(C(=O)NC4CCN(C)CC4)cc3OC)N=C2)N1C1CCCC1. The van der Waals surface area contributed by atoms with E-state index in [0.717, 1.165) is 62.4 Å². The molecule has 3 N–H and O–H groups in total. The minimum atomic E-state index is -0.440. The van der Waals surface area contributed by atoms with Gasteiger partial charge in [-0.2, -0.15) is 0 Å². The number of methoxy groups -OCH3 is 1. The third-order valence-corrected chi connectivity index (χ3v) is 8.35. The molecule has 2 atom stereocenters. The van der Waals surface area contributed by atoms with Crippen molar-refractivity contribution in [3.05, 3.63) is 35.3 Å². The van der Waals surface area contributed by atoms with Crippen LogP contribution in [0.2, 0.25) is 0 Å². The maximum Gasteiger partial charge on any atom is 0.251 e. The first kappa shape index (κ1) is 26.3. The van der Waals surface area contributed by atoms with Gasteiger partial charge in [-0.25, -0.2) is 4.99 Å². The topological polar surface area (TPSA) is 102 Å². The highest BCUT2D eigenvalue weighted by atomic mass is 16.5. The molecule has 1 saturated heterocycles. The fourth-order valence-electron chi connectivity index (χ4n) is 6.10. The van der Waals surface area contributed by atoms with Crippen LogP contribution in [0.15, 0.2) is 34.7 Å². The summed E-state index contributed by atoms with van der Waals surface area (Å²) in [5.41, 5.74) is 2.11. The van der Waals surface area contributed by atoms with Crippen LogP contribution in [0.4, 0.5) is 5.69 Å². The molecule has 4 aliphatic rings. The predicted molar refractivity (Wildman–Crippen MR) is 148 cm³/mol. The fraction of sp³-hybridized carbons (Fsp3) is 0.607. The third-order valence-electron chi connectivity index (χ3n) is 8.35. The van der Waals surface area contributed by atoms with Gasteiger partial charge in [0.05, 0.1) is 19.0 Å². The Kier molecular flexibility index (Phi) is 7.78. The number of allylic oxidation sites excluding steroid dienone is 1. The second kappa shape index (κ2) is 11.2. The van der Waals surface area contributed by atoms with E-state index in [1.165, 1.54) is 12.8 Å². The Morgan fingerprint density at radius 1 is 1.16 bits per heavy atom. The van der Waals surface area contributed by atoms with Crippen LogP contribution in [0.5, 0.6) is 5.75 Å². The summed E-state index contributed by atoms with van der Waals surface area (Å²) in [6.45, 7) is 4.06. The lowest BCUT2D eigenvalue weighted by atomic mass is 10.0. The van der Waals surface area contributed by atoms with Gasteiger partial charge in [0, 0.05) is 24.7 Å². The van der Waals surface area contributed by atoms with Gasteiger partial charge in [0.1, 0.15) is 23.3 Å². The highest BCUT2D eigenvalue weighted by molar-refractivity contribution is 5.96. The van der Waals surface area contributed by atoms with Crippen molar-refractivity contribution < 1.29 is 14.3 Å². The van der Waals surface area contributed by atoms with Crippen molar-refractivity contribution in [3.63, 3.8) is 0 Å². The average molecular weight is 524 g/mol. The van der Waals surface area contributed by atoms with E-state index >= 15 is 0 Å². The zero-order valence-electron chi connectivity index (χ0n) is 23.0. The van der Waals surface area contributed by atoms with Crippen LogP contribution < -0.4 is 20.7 Å². The maximum atomic E-state index is 13.2. The smallest absolute Gasteiger partial charge is 0.251 e. The molecule has 1 aliphatic carbocycles. The van der Waals surface area contributed by atoms with Crippen molar-refractivity contribution >= 4 is 23.7 Å². The summed E-state index contributed by atoms with van der Waals surface area (Å²) in [5.74, 6) is 1.56. The third kappa shape index (κ3) is 5.18. The summed E-state index contributed by atoms with van der Waals surface area (Å²) in [6.07, 6.45) is 8.58. The highest BCUT2D eigenvalue weighted by Crippen LogP contribution is 2.35. The first-order valence-electron chi connectivity index (χ1n) is 13.9. The minimum absolute atomic E-state index is 0.0827. The molecule has 38 heavy (non-hydrogen) atoms. The molecule has 3 aliphatic heterocycles. The van der Waals surface area contributed by atoms with Crippen LogP contribution in [0.1, 0.15) is 62.2 Å². The molecule has 0 aromatic heterocycles. The molecule has 0 radical (unpaired) electrons. The maximum absolute atomic E-state index is 13.2. The largest absolute Gasteiger partial charge is 0.495 e. The van der Waals surface area contributed by atoms with Gasteiger partial charge in [-0.15, -0.1) is 0 Å². The van der Waals surface area contributed by atoms with Gasteiger partial charge in [-0.05, 0) is 70.4 Å².